The molecule has 2 heterocycles. The summed E-state index contributed by atoms with van der Waals surface area (Å²) in [7, 11) is -3.86. The third kappa shape index (κ3) is 3.22. The lowest BCUT2D eigenvalue weighted by atomic mass is 10.1. The molecule has 0 aliphatic carbocycles. The molecule has 1 N–H and O–H groups in total. The van der Waals surface area contributed by atoms with Gasteiger partial charge in [-0.2, -0.15) is 9.57 Å². The number of aromatic nitrogens is 1. The Morgan fingerprint density at radius 2 is 2.33 bits per heavy atom. The Hall–Kier alpha value is -1.53. The lowest BCUT2D eigenvalue weighted by Crippen LogP contribution is -2.55. The molecule has 1 unspecified atom stereocenters. The summed E-state index contributed by atoms with van der Waals surface area (Å²) in [6.45, 7) is 3.43. The smallest absolute Gasteiger partial charge is 0.246 e. The van der Waals surface area contributed by atoms with Gasteiger partial charge in [0, 0.05) is 19.3 Å². The van der Waals surface area contributed by atoms with Gasteiger partial charge in [0.15, 0.2) is 5.69 Å². The van der Waals surface area contributed by atoms with E-state index in [1.54, 1.807) is 19.9 Å². The molecular formula is C13H17N3O4S. The molecule has 1 aliphatic rings. The molecule has 1 aliphatic heterocycles. The Balaban J connectivity index is 2.42. The highest BCUT2D eigenvalue weighted by molar-refractivity contribution is 7.89. The molecule has 2 rings (SSSR count). The minimum atomic E-state index is -3.86. The molecule has 0 amide bonds. The van der Waals surface area contributed by atoms with Crippen molar-refractivity contribution in [2.75, 3.05) is 19.7 Å². The monoisotopic (exact) mass is 311 g/mol. The highest BCUT2D eigenvalue weighted by Gasteiger charge is 2.40. The summed E-state index contributed by atoms with van der Waals surface area (Å²) < 4.78 is 32.3. The largest absolute Gasteiger partial charge is 0.394 e. The van der Waals surface area contributed by atoms with Gasteiger partial charge >= 0.3 is 0 Å². The molecule has 1 saturated heterocycles. The quantitative estimate of drug-likeness (QED) is 0.850. The Morgan fingerprint density at radius 1 is 1.62 bits per heavy atom. The molecule has 21 heavy (non-hydrogen) atoms. The highest BCUT2D eigenvalue weighted by atomic mass is 32.2. The Bertz CT molecular complexity index is 666. The third-order valence-corrected chi connectivity index (χ3v) is 4.99. The fourth-order valence-corrected chi connectivity index (χ4v) is 4.06. The molecule has 1 aromatic heterocycles. The lowest BCUT2D eigenvalue weighted by molar-refractivity contribution is -0.131. The second kappa shape index (κ2) is 5.69. The van der Waals surface area contributed by atoms with Gasteiger partial charge in [-0.15, -0.1) is 0 Å². The van der Waals surface area contributed by atoms with E-state index in [9.17, 15) is 13.5 Å². The van der Waals surface area contributed by atoms with Gasteiger partial charge in [-0.05, 0) is 26.0 Å². The first-order chi connectivity index (χ1) is 9.80. The molecule has 1 fully saturated rings. The summed E-state index contributed by atoms with van der Waals surface area (Å²) >= 11 is 0. The van der Waals surface area contributed by atoms with Crippen molar-refractivity contribution in [3.8, 4) is 6.07 Å². The van der Waals surface area contributed by atoms with Crippen LogP contribution in [0.25, 0.3) is 0 Å². The number of aliphatic hydroxyl groups is 1. The molecule has 0 spiro atoms. The first kappa shape index (κ1) is 15.9. The first-order valence-corrected chi connectivity index (χ1v) is 7.88. The normalized spacial score (nSPS) is 22.7. The molecule has 8 heteroatoms. The summed E-state index contributed by atoms with van der Waals surface area (Å²) in [5.74, 6) is 0. The number of nitriles is 1. The van der Waals surface area contributed by atoms with Crippen LogP contribution in [0.2, 0.25) is 0 Å². The van der Waals surface area contributed by atoms with E-state index >= 15 is 0 Å². The molecular weight excluding hydrogens is 294 g/mol. The summed E-state index contributed by atoms with van der Waals surface area (Å²) in [4.78, 5) is 3.66. The van der Waals surface area contributed by atoms with Gasteiger partial charge in [0.25, 0.3) is 0 Å². The van der Waals surface area contributed by atoms with Crippen molar-refractivity contribution in [3.63, 3.8) is 0 Å². The minimum Gasteiger partial charge on any atom is -0.394 e. The van der Waals surface area contributed by atoms with Crippen LogP contribution in [0.3, 0.4) is 0 Å². The fraction of sp³-hybridized carbons (Fsp3) is 0.538. The Labute approximate surface area is 123 Å². The van der Waals surface area contributed by atoms with Crippen LogP contribution >= 0.6 is 0 Å². The van der Waals surface area contributed by atoms with Crippen LogP contribution in [0.5, 0.6) is 0 Å². The zero-order valence-electron chi connectivity index (χ0n) is 11.9. The zero-order chi connectivity index (χ0) is 15.7. The maximum absolute atomic E-state index is 12.7. The minimum absolute atomic E-state index is 0.0437. The number of ether oxygens (including phenoxy) is 1. The van der Waals surface area contributed by atoms with Gasteiger partial charge in [0.1, 0.15) is 11.0 Å². The Kier molecular flexibility index (Phi) is 4.30. The topological polar surface area (TPSA) is 104 Å². The summed E-state index contributed by atoms with van der Waals surface area (Å²) in [5.41, 5.74) is -0.851. The SMILES string of the molecule is CC1(C)CN(S(=O)(=O)c2cccnc2C#N)CC(CO)O1. The van der Waals surface area contributed by atoms with Crippen LogP contribution in [-0.4, -0.2) is 54.2 Å². The summed E-state index contributed by atoms with van der Waals surface area (Å²) in [5, 5.41) is 18.3. The van der Waals surface area contributed by atoms with Crippen molar-refractivity contribution in [1.82, 2.24) is 9.29 Å². The summed E-state index contributed by atoms with van der Waals surface area (Å²) in [6, 6.07) is 4.62. The Morgan fingerprint density at radius 3 is 2.95 bits per heavy atom. The third-order valence-electron chi connectivity index (χ3n) is 3.15. The zero-order valence-corrected chi connectivity index (χ0v) is 12.7. The van der Waals surface area contributed by atoms with Crippen molar-refractivity contribution >= 4 is 10.0 Å². The van der Waals surface area contributed by atoms with E-state index < -0.39 is 21.7 Å². The second-order valence-electron chi connectivity index (χ2n) is 5.44. The van der Waals surface area contributed by atoms with E-state index in [2.05, 4.69) is 4.98 Å². The fourth-order valence-electron chi connectivity index (χ4n) is 2.34. The number of nitrogens with zero attached hydrogens (tertiary/aromatic N) is 3. The predicted octanol–water partition coefficient (Wildman–Crippen LogP) is 0.114. The van der Waals surface area contributed by atoms with Crippen molar-refractivity contribution in [3.05, 3.63) is 24.0 Å². The second-order valence-corrected chi connectivity index (χ2v) is 7.35. The van der Waals surface area contributed by atoms with Gasteiger partial charge in [-0.25, -0.2) is 13.4 Å². The van der Waals surface area contributed by atoms with Gasteiger partial charge in [0.2, 0.25) is 10.0 Å². The van der Waals surface area contributed by atoms with Crippen LogP contribution < -0.4 is 0 Å². The number of hydrogen-bond donors (Lipinski definition) is 1. The molecule has 0 radical (unpaired) electrons. The molecule has 7 nitrogen and oxygen atoms in total. The lowest BCUT2D eigenvalue weighted by Gasteiger charge is -2.41. The molecule has 1 aromatic rings. The van der Waals surface area contributed by atoms with Crippen molar-refractivity contribution in [2.24, 2.45) is 0 Å². The molecule has 1 atom stereocenters. The summed E-state index contributed by atoms with van der Waals surface area (Å²) in [6.07, 6.45) is 0.780. The van der Waals surface area contributed by atoms with E-state index in [0.717, 1.165) is 0 Å². The standard InChI is InChI=1S/C13H17N3O4S/c1-13(2)9-16(7-10(8-17)20-13)21(18,19)12-4-3-5-15-11(12)6-14/h3-5,10,17H,7-9H2,1-2H3. The van der Waals surface area contributed by atoms with E-state index in [1.807, 2.05) is 0 Å². The average molecular weight is 311 g/mol. The van der Waals surface area contributed by atoms with Gasteiger partial charge in [0.05, 0.1) is 18.3 Å². The van der Waals surface area contributed by atoms with Gasteiger partial charge < -0.3 is 9.84 Å². The number of sulfonamides is 1. The first-order valence-electron chi connectivity index (χ1n) is 6.44. The van der Waals surface area contributed by atoms with E-state index in [-0.39, 0.29) is 30.3 Å². The molecule has 0 aromatic carbocycles. The highest BCUT2D eigenvalue weighted by Crippen LogP contribution is 2.27. The number of aliphatic hydroxyl groups excluding tert-OH is 1. The maximum Gasteiger partial charge on any atom is 0.246 e. The molecule has 114 valence electrons. The van der Waals surface area contributed by atoms with Crippen LogP contribution in [0.15, 0.2) is 23.2 Å². The average Bonchev–Trinajstić information content (AvgIpc) is 2.45. The number of pyridine rings is 1. The van der Waals surface area contributed by atoms with Crippen molar-refractivity contribution in [1.29, 1.82) is 5.26 Å². The van der Waals surface area contributed by atoms with Crippen molar-refractivity contribution in [2.45, 2.75) is 30.4 Å². The number of hydrogen-bond acceptors (Lipinski definition) is 6. The number of morpholine rings is 1. The van der Waals surface area contributed by atoms with Gasteiger partial charge in [-0.1, -0.05) is 0 Å². The van der Waals surface area contributed by atoms with Gasteiger partial charge in [-0.3, -0.25) is 0 Å². The molecule has 0 saturated carbocycles. The maximum atomic E-state index is 12.7. The molecule has 0 bridgehead atoms. The van der Waals surface area contributed by atoms with E-state index in [4.69, 9.17) is 10.00 Å². The number of rotatable bonds is 3. The predicted molar refractivity (Wildman–Crippen MR) is 73.7 cm³/mol. The van der Waals surface area contributed by atoms with E-state index in [0.29, 0.717) is 0 Å². The van der Waals surface area contributed by atoms with Crippen LogP contribution in [0.1, 0.15) is 19.5 Å². The van der Waals surface area contributed by atoms with Crippen LogP contribution in [0.4, 0.5) is 0 Å². The van der Waals surface area contributed by atoms with E-state index in [1.165, 1.54) is 22.6 Å². The van der Waals surface area contributed by atoms with Crippen molar-refractivity contribution < 1.29 is 18.3 Å². The van der Waals surface area contributed by atoms with Crippen LogP contribution in [0, 0.1) is 11.3 Å². The van der Waals surface area contributed by atoms with Crippen LogP contribution in [-0.2, 0) is 14.8 Å².